The van der Waals surface area contributed by atoms with Crippen LogP contribution in [-0.2, 0) is 15.9 Å². The van der Waals surface area contributed by atoms with Crippen molar-refractivity contribution in [2.45, 2.75) is 20.3 Å². The van der Waals surface area contributed by atoms with Crippen molar-refractivity contribution >= 4 is 17.6 Å². The predicted molar refractivity (Wildman–Crippen MR) is 116 cm³/mol. The molecule has 0 saturated carbocycles. The molecule has 0 aliphatic heterocycles. The monoisotopic (exact) mass is 419 g/mol. The summed E-state index contributed by atoms with van der Waals surface area (Å²) >= 11 is 0. The van der Waals surface area contributed by atoms with E-state index in [1.54, 1.807) is 0 Å². The molecule has 0 N–H and O–H groups in total. The molecule has 7 nitrogen and oxygen atoms in total. The van der Waals surface area contributed by atoms with Gasteiger partial charge in [-0.05, 0) is 61.4 Å². The van der Waals surface area contributed by atoms with E-state index in [0.717, 1.165) is 23.4 Å². The zero-order chi connectivity index (χ0) is 22.8. The van der Waals surface area contributed by atoms with Gasteiger partial charge in [0.25, 0.3) is 0 Å². The molecule has 2 rings (SSSR count). The van der Waals surface area contributed by atoms with Gasteiger partial charge in [0.2, 0.25) is 0 Å². The third-order valence-corrected chi connectivity index (χ3v) is 4.94. The first-order chi connectivity index (χ1) is 14.9. The molecule has 0 atom stereocenters. The molecule has 0 bridgehead atoms. The molecular weight excluding hydrogens is 394 g/mol. The summed E-state index contributed by atoms with van der Waals surface area (Å²) in [4.78, 5) is 25.8. The summed E-state index contributed by atoms with van der Waals surface area (Å²) in [5, 5.41) is 18.0. The Morgan fingerprint density at radius 3 is 2.16 bits per heavy atom. The fourth-order valence-corrected chi connectivity index (χ4v) is 3.11. The van der Waals surface area contributed by atoms with Crippen molar-refractivity contribution in [3.05, 3.63) is 64.7 Å². The second-order valence-corrected chi connectivity index (χ2v) is 6.91. The summed E-state index contributed by atoms with van der Waals surface area (Å²) in [5.74, 6) is -1.58. The van der Waals surface area contributed by atoms with E-state index in [1.807, 2.05) is 44.2 Å². The van der Waals surface area contributed by atoms with Gasteiger partial charge in [-0.2, -0.15) is 10.5 Å². The van der Waals surface area contributed by atoms with Crippen LogP contribution in [0.15, 0.2) is 42.5 Å². The maximum absolute atomic E-state index is 12.3. The maximum atomic E-state index is 12.3. The lowest BCUT2D eigenvalue weighted by Crippen LogP contribution is -2.28. The quantitative estimate of drug-likeness (QED) is 0.571. The van der Waals surface area contributed by atoms with E-state index >= 15 is 0 Å². The zero-order valence-electron chi connectivity index (χ0n) is 17.9. The molecule has 160 valence electrons. The van der Waals surface area contributed by atoms with Crippen LogP contribution in [0.2, 0.25) is 0 Å². The molecule has 0 radical (unpaired) electrons. The average Bonchev–Trinajstić information content (AvgIpc) is 2.80. The number of nitriles is 2. The van der Waals surface area contributed by atoms with E-state index in [9.17, 15) is 9.59 Å². The van der Waals surface area contributed by atoms with Gasteiger partial charge in [0.15, 0.2) is 0 Å². The van der Waals surface area contributed by atoms with Crippen molar-refractivity contribution in [3.8, 4) is 12.1 Å². The van der Waals surface area contributed by atoms with Gasteiger partial charge in [-0.1, -0.05) is 6.07 Å². The fraction of sp³-hybridized carbons (Fsp3) is 0.333. The molecule has 0 aliphatic carbocycles. The highest BCUT2D eigenvalue weighted by Crippen LogP contribution is 2.21. The van der Waals surface area contributed by atoms with Gasteiger partial charge in [0.05, 0.1) is 36.9 Å². The summed E-state index contributed by atoms with van der Waals surface area (Å²) in [6, 6.07) is 16.0. The van der Waals surface area contributed by atoms with Crippen LogP contribution in [0.1, 0.15) is 38.8 Å². The van der Waals surface area contributed by atoms with Crippen molar-refractivity contribution in [2.24, 2.45) is 5.92 Å². The lowest BCUT2D eigenvalue weighted by atomic mass is 9.97. The second kappa shape index (κ2) is 11.4. The molecule has 0 fully saturated rings. The van der Waals surface area contributed by atoms with Gasteiger partial charge in [-0.3, -0.25) is 0 Å². The molecule has 0 saturated heterocycles. The third kappa shape index (κ3) is 6.32. The number of anilines is 1. The molecule has 2 aromatic carbocycles. The van der Waals surface area contributed by atoms with Crippen LogP contribution in [0.3, 0.4) is 0 Å². The van der Waals surface area contributed by atoms with Crippen LogP contribution in [0.5, 0.6) is 0 Å². The standard InChI is InChI=1S/C24H25N3O4/c1-4-27(22-10-9-21(17(2)13-22)14-18(15-25)16-26)11-12-31-24(29)20-7-5-19(6-8-20)23(28)30-3/h5-10,13,18H,4,11-12,14H2,1-3H3. The predicted octanol–water partition coefficient (Wildman–Crippen LogP) is 3.67. The third-order valence-electron chi connectivity index (χ3n) is 4.94. The van der Waals surface area contributed by atoms with Crippen molar-refractivity contribution in [2.75, 3.05) is 31.7 Å². The first-order valence-corrected chi connectivity index (χ1v) is 9.92. The van der Waals surface area contributed by atoms with Gasteiger partial charge in [0, 0.05) is 18.7 Å². The number of esters is 2. The normalized spacial score (nSPS) is 10.1. The molecule has 0 heterocycles. The molecule has 0 amide bonds. The van der Waals surface area contributed by atoms with E-state index < -0.39 is 17.9 Å². The highest BCUT2D eigenvalue weighted by atomic mass is 16.5. The number of ether oxygens (including phenoxy) is 2. The zero-order valence-corrected chi connectivity index (χ0v) is 17.9. The lowest BCUT2D eigenvalue weighted by Gasteiger charge is -2.24. The Labute approximate surface area is 182 Å². The van der Waals surface area contributed by atoms with Crippen LogP contribution < -0.4 is 4.90 Å². The molecule has 7 heteroatoms. The summed E-state index contributed by atoms with van der Waals surface area (Å²) in [5.41, 5.74) is 3.68. The van der Waals surface area contributed by atoms with E-state index in [2.05, 4.69) is 9.64 Å². The van der Waals surface area contributed by atoms with Crippen molar-refractivity contribution < 1.29 is 19.1 Å². The smallest absolute Gasteiger partial charge is 0.338 e. The summed E-state index contributed by atoms with van der Waals surface area (Å²) in [6.07, 6.45) is 0.400. The van der Waals surface area contributed by atoms with Gasteiger partial charge < -0.3 is 14.4 Å². The summed E-state index contributed by atoms with van der Waals surface area (Å²) in [7, 11) is 1.30. The Morgan fingerprint density at radius 1 is 1.03 bits per heavy atom. The fourth-order valence-electron chi connectivity index (χ4n) is 3.11. The van der Waals surface area contributed by atoms with Crippen LogP contribution in [0.25, 0.3) is 0 Å². The van der Waals surface area contributed by atoms with Crippen LogP contribution in [0, 0.1) is 35.5 Å². The molecular formula is C24H25N3O4. The molecule has 0 aromatic heterocycles. The number of hydrogen-bond acceptors (Lipinski definition) is 7. The van der Waals surface area contributed by atoms with Gasteiger partial charge in [-0.15, -0.1) is 0 Å². The van der Waals surface area contributed by atoms with E-state index in [-0.39, 0.29) is 6.61 Å². The number of nitrogens with zero attached hydrogens (tertiary/aromatic N) is 3. The minimum Gasteiger partial charge on any atom is -0.465 e. The lowest BCUT2D eigenvalue weighted by molar-refractivity contribution is 0.0513. The van der Waals surface area contributed by atoms with Crippen LogP contribution in [0.4, 0.5) is 5.69 Å². The van der Waals surface area contributed by atoms with Crippen LogP contribution >= 0.6 is 0 Å². The Balaban J connectivity index is 1.95. The highest BCUT2D eigenvalue weighted by molar-refractivity contribution is 5.93. The minimum atomic E-state index is -0.659. The number of carbonyl (C=O) groups is 2. The largest absolute Gasteiger partial charge is 0.465 e. The summed E-state index contributed by atoms with van der Waals surface area (Å²) in [6.45, 7) is 5.41. The molecule has 0 unspecified atom stereocenters. The molecule has 2 aromatic rings. The molecule has 0 aliphatic rings. The molecule has 31 heavy (non-hydrogen) atoms. The SMILES string of the molecule is CCN(CCOC(=O)c1ccc(C(=O)OC)cc1)c1ccc(CC(C#N)C#N)c(C)c1. The topological polar surface area (TPSA) is 103 Å². The first-order valence-electron chi connectivity index (χ1n) is 9.92. The Bertz CT molecular complexity index is 989. The Hall–Kier alpha value is -3.84. The van der Waals surface area contributed by atoms with Crippen molar-refractivity contribution in [1.82, 2.24) is 0 Å². The number of aryl methyl sites for hydroxylation is 1. The number of rotatable bonds is 9. The van der Waals surface area contributed by atoms with Gasteiger partial charge in [-0.25, -0.2) is 9.59 Å². The van der Waals surface area contributed by atoms with E-state index in [4.69, 9.17) is 15.3 Å². The maximum Gasteiger partial charge on any atom is 0.338 e. The Morgan fingerprint density at radius 2 is 1.65 bits per heavy atom. The number of methoxy groups -OCH3 is 1. The molecule has 0 spiro atoms. The highest BCUT2D eigenvalue weighted by Gasteiger charge is 2.13. The minimum absolute atomic E-state index is 0.206. The first kappa shape index (κ1) is 23.4. The Kier molecular flexibility index (Phi) is 8.60. The summed E-state index contributed by atoms with van der Waals surface area (Å²) < 4.78 is 10.0. The second-order valence-electron chi connectivity index (χ2n) is 6.91. The number of benzene rings is 2. The number of hydrogen-bond donors (Lipinski definition) is 0. The number of carbonyl (C=O) groups excluding carboxylic acids is 2. The average molecular weight is 419 g/mol. The van der Waals surface area contributed by atoms with Crippen LogP contribution in [-0.4, -0.2) is 38.7 Å². The van der Waals surface area contributed by atoms with Crippen molar-refractivity contribution in [3.63, 3.8) is 0 Å². The number of likely N-dealkylation sites (N-methyl/N-ethyl adjacent to an activating group) is 1. The van der Waals surface area contributed by atoms with Gasteiger partial charge in [0.1, 0.15) is 12.5 Å². The van der Waals surface area contributed by atoms with Gasteiger partial charge >= 0.3 is 11.9 Å². The van der Waals surface area contributed by atoms with E-state index in [0.29, 0.717) is 24.1 Å². The van der Waals surface area contributed by atoms with Crippen molar-refractivity contribution in [1.29, 1.82) is 10.5 Å². The van der Waals surface area contributed by atoms with E-state index in [1.165, 1.54) is 31.4 Å².